The van der Waals surface area contributed by atoms with Crippen molar-refractivity contribution in [3.8, 4) is 0 Å². The average Bonchev–Trinajstić information content (AvgIpc) is 2.83. The molecule has 0 saturated carbocycles. The number of aryl methyl sites for hydroxylation is 1. The summed E-state index contributed by atoms with van der Waals surface area (Å²) in [4.78, 5) is 19.1. The van der Waals surface area contributed by atoms with Crippen LogP contribution < -0.4 is 10.2 Å². The normalized spacial score (nSPS) is 14.0. The van der Waals surface area contributed by atoms with Crippen molar-refractivity contribution in [3.05, 3.63) is 40.6 Å². The van der Waals surface area contributed by atoms with Crippen LogP contribution in [0, 0.1) is 5.82 Å². The number of amides is 2. The maximum Gasteiger partial charge on any atom is 0.317 e. The van der Waals surface area contributed by atoms with Crippen molar-refractivity contribution in [2.75, 3.05) is 25.5 Å². The number of hydrogen-bond donors (Lipinski definition) is 1. The summed E-state index contributed by atoms with van der Waals surface area (Å²) in [5.74, 6) is -0.138. The number of aromatic nitrogens is 3. The summed E-state index contributed by atoms with van der Waals surface area (Å²) >= 11 is 5.78. The Kier molecular flexibility index (Phi) is 5.08. The van der Waals surface area contributed by atoms with Gasteiger partial charge in [-0.15, -0.1) is 0 Å². The maximum absolute atomic E-state index is 14.2. The Morgan fingerprint density at radius 3 is 2.92 bits per heavy atom. The Hall–Kier alpha value is -2.35. The van der Waals surface area contributed by atoms with Gasteiger partial charge in [0.15, 0.2) is 11.6 Å². The Labute approximate surface area is 150 Å². The summed E-state index contributed by atoms with van der Waals surface area (Å²) in [6.07, 6.45) is 2.27. The third kappa shape index (κ3) is 4.01. The SMILES string of the molecule is CN(C)C(=O)NCc1cc2n(n1)CCCN(c1ncc(Cl)cc1F)C2. The smallest absolute Gasteiger partial charge is 0.317 e. The van der Waals surface area contributed by atoms with Gasteiger partial charge in [-0.2, -0.15) is 5.10 Å². The molecule has 2 amide bonds. The molecule has 134 valence electrons. The molecule has 1 N–H and O–H groups in total. The van der Waals surface area contributed by atoms with E-state index in [1.165, 1.54) is 17.2 Å². The van der Waals surface area contributed by atoms with Crippen LogP contribution in [0.5, 0.6) is 0 Å². The third-order valence-electron chi connectivity index (χ3n) is 3.98. The minimum Gasteiger partial charge on any atom is -0.348 e. The highest BCUT2D eigenvalue weighted by atomic mass is 35.5. The summed E-state index contributed by atoms with van der Waals surface area (Å²) in [6.45, 7) is 2.27. The molecule has 0 spiro atoms. The first-order valence-corrected chi connectivity index (χ1v) is 8.38. The summed E-state index contributed by atoms with van der Waals surface area (Å²) in [5, 5.41) is 7.60. The van der Waals surface area contributed by atoms with E-state index in [2.05, 4.69) is 15.4 Å². The van der Waals surface area contributed by atoms with E-state index in [1.54, 1.807) is 14.1 Å². The van der Waals surface area contributed by atoms with E-state index in [1.807, 2.05) is 15.6 Å². The minimum atomic E-state index is -0.432. The number of halogens is 2. The number of carbonyl (C=O) groups is 1. The number of rotatable bonds is 3. The molecule has 1 aliphatic rings. The highest BCUT2D eigenvalue weighted by Gasteiger charge is 2.20. The maximum atomic E-state index is 14.2. The Morgan fingerprint density at radius 2 is 2.20 bits per heavy atom. The second-order valence-electron chi connectivity index (χ2n) is 6.14. The molecule has 25 heavy (non-hydrogen) atoms. The van der Waals surface area contributed by atoms with Crippen LogP contribution in [0.25, 0.3) is 0 Å². The number of nitrogens with one attached hydrogen (secondary N) is 1. The fraction of sp³-hybridized carbons (Fsp3) is 0.438. The first-order valence-electron chi connectivity index (χ1n) is 8.01. The van der Waals surface area contributed by atoms with E-state index >= 15 is 0 Å². The number of nitrogens with zero attached hydrogens (tertiary/aromatic N) is 5. The van der Waals surface area contributed by atoms with Gasteiger partial charge < -0.3 is 15.1 Å². The third-order valence-corrected chi connectivity index (χ3v) is 4.19. The molecule has 0 aliphatic carbocycles. The van der Waals surface area contributed by atoms with Crippen LogP contribution in [0.3, 0.4) is 0 Å². The number of hydrogen-bond acceptors (Lipinski definition) is 4. The zero-order valence-electron chi connectivity index (χ0n) is 14.2. The number of anilines is 1. The predicted molar refractivity (Wildman–Crippen MR) is 93.0 cm³/mol. The van der Waals surface area contributed by atoms with Crippen molar-refractivity contribution in [1.29, 1.82) is 0 Å². The van der Waals surface area contributed by atoms with Gasteiger partial charge in [0.1, 0.15) is 0 Å². The van der Waals surface area contributed by atoms with Crippen LogP contribution in [0.2, 0.25) is 5.02 Å². The number of urea groups is 1. The highest BCUT2D eigenvalue weighted by molar-refractivity contribution is 6.30. The lowest BCUT2D eigenvalue weighted by molar-refractivity contribution is 0.217. The minimum absolute atomic E-state index is 0.169. The van der Waals surface area contributed by atoms with Gasteiger partial charge in [0.2, 0.25) is 0 Å². The molecule has 3 heterocycles. The molecule has 9 heteroatoms. The van der Waals surface area contributed by atoms with Gasteiger partial charge in [0, 0.05) is 33.4 Å². The Bertz CT molecular complexity index is 778. The lowest BCUT2D eigenvalue weighted by Gasteiger charge is -2.21. The van der Waals surface area contributed by atoms with E-state index in [0.29, 0.717) is 25.5 Å². The monoisotopic (exact) mass is 366 g/mol. The molecule has 2 aromatic heterocycles. The summed E-state index contributed by atoms with van der Waals surface area (Å²) in [5.41, 5.74) is 1.74. The van der Waals surface area contributed by atoms with Gasteiger partial charge >= 0.3 is 6.03 Å². The number of pyridine rings is 1. The predicted octanol–water partition coefficient (Wildman–Crippen LogP) is 2.25. The van der Waals surface area contributed by atoms with E-state index in [-0.39, 0.29) is 11.1 Å². The Morgan fingerprint density at radius 1 is 1.40 bits per heavy atom. The molecular weight excluding hydrogens is 347 g/mol. The van der Waals surface area contributed by atoms with Crippen LogP contribution in [0.15, 0.2) is 18.3 Å². The molecule has 0 saturated heterocycles. The van der Waals surface area contributed by atoms with E-state index in [4.69, 9.17) is 11.6 Å². The molecule has 0 aromatic carbocycles. The zero-order valence-corrected chi connectivity index (χ0v) is 14.9. The fourth-order valence-electron chi connectivity index (χ4n) is 2.75. The van der Waals surface area contributed by atoms with Crippen molar-refractivity contribution in [1.82, 2.24) is 25.0 Å². The molecule has 2 aromatic rings. The first kappa shape index (κ1) is 17.5. The lowest BCUT2D eigenvalue weighted by Crippen LogP contribution is -2.34. The second-order valence-corrected chi connectivity index (χ2v) is 6.57. The van der Waals surface area contributed by atoms with Gasteiger partial charge in [-0.1, -0.05) is 11.6 Å². The topological polar surface area (TPSA) is 66.3 Å². The summed E-state index contributed by atoms with van der Waals surface area (Å²) < 4.78 is 16.1. The molecule has 7 nitrogen and oxygen atoms in total. The number of carbonyl (C=O) groups excluding carboxylic acids is 1. The summed E-state index contributed by atoms with van der Waals surface area (Å²) in [6, 6.07) is 3.04. The number of fused-ring (bicyclic) bond motifs is 1. The lowest BCUT2D eigenvalue weighted by atomic mass is 10.3. The average molecular weight is 367 g/mol. The molecule has 0 bridgehead atoms. The second kappa shape index (κ2) is 7.26. The quantitative estimate of drug-likeness (QED) is 0.904. The van der Waals surface area contributed by atoms with Crippen molar-refractivity contribution in [2.24, 2.45) is 0 Å². The molecular formula is C16H20ClFN6O. The van der Waals surface area contributed by atoms with Crippen LogP contribution in [0.1, 0.15) is 17.8 Å². The zero-order chi connectivity index (χ0) is 18.0. The molecule has 0 atom stereocenters. The van der Waals surface area contributed by atoms with Crippen LogP contribution in [-0.4, -0.2) is 46.3 Å². The van der Waals surface area contributed by atoms with Crippen LogP contribution >= 0.6 is 11.6 Å². The van der Waals surface area contributed by atoms with E-state index in [0.717, 1.165) is 24.4 Å². The van der Waals surface area contributed by atoms with Crippen molar-refractivity contribution in [2.45, 2.75) is 26.1 Å². The van der Waals surface area contributed by atoms with Crippen molar-refractivity contribution < 1.29 is 9.18 Å². The van der Waals surface area contributed by atoms with Gasteiger partial charge in [-0.25, -0.2) is 14.2 Å². The van der Waals surface area contributed by atoms with Gasteiger partial charge in [0.25, 0.3) is 0 Å². The standard InChI is InChI=1S/C16H20ClFN6O/c1-22(2)16(25)20-9-12-7-13-10-23(4-3-5-24(13)21-12)15-14(18)6-11(17)8-19-15/h6-8H,3-5,9-10H2,1-2H3,(H,20,25). The molecule has 0 fully saturated rings. The fourth-order valence-corrected chi connectivity index (χ4v) is 2.90. The molecule has 1 aliphatic heterocycles. The van der Waals surface area contributed by atoms with E-state index < -0.39 is 5.82 Å². The largest absolute Gasteiger partial charge is 0.348 e. The summed E-state index contributed by atoms with van der Waals surface area (Å²) in [7, 11) is 3.37. The van der Waals surface area contributed by atoms with Crippen LogP contribution in [0.4, 0.5) is 15.0 Å². The van der Waals surface area contributed by atoms with Gasteiger partial charge in [0.05, 0.1) is 29.5 Å². The van der Waals surface area contributed by atoms with Gasteiger partial charge in [-0.3, -0.25) is 4.68 Å². The first-order chi connectivity index (χ1) is 11.9. The highest BCUT2D eigenvalue weighted by Crippen LogP contribution is 2.24. The molecule has 3 rings (SSSR count). The molecule has 0 radical (unpaired) electrons. The van der Waals surface area contributed by atoms with Crippen molar-refractivity contribution >= 4 is 23.4 Å². The van der Waals surface area contributed by atoms with Crippen LogP contribution in [-0.2, 0) is 19.6 Å². The van der Waals surface area contributed by atoms with Gasteiger partial charge in [-0.05, 0) is 18.6 Å². The molecule has 0 unspecified atom stereocenters. The van der Waals surface area contributed by atoms with Crippen molar-refractivity contribution in [3.63, 3.8) is 0 Å². The van der Waals surface area contributed by atoms with E-state index in [9.17, 15) is 9.18 Å². The Balaban J connectivity index is 1.75.